The zero-order valence-corrected chi connectivity index (χ0v) is 20.8. The summed E-state index contributed by atoms with van der Waals surface area (Å²) in [5.74, 6) is 0.0915. The first-order valence-electron chi connectivity index (χ1n) is 11.6. The molecule has 0 N–H and O–H groups in total. The van der Waals surface area contributed by atoms with Gasteiger partial charge in [0, 0.05) is 10.9 Å². The van der Waals surface area contributed by atoms with Crippen LogP contribution in [0.2, 0.25) is 0 Å². The molecule has 4 aromatic carbocycles. The fourth-order valence-corrected chi connectivity index (χ4v) is 10.2. The molecule has 6 rings (SSSR count). The third-order valence-electron chi connectivity index (χ3n) is 6.59. The number of ketones is 1. The van der Waals surface area contributed by atoms with Crippen LogP contribution in [0.1, 0.15) is 21.5 Å². The van der Waals surface area contributed by atoms with E-state index in [1.807, 2.05) is 42.5 Å². The van der Waals surface area contributed by atoms with Crippen LogP contribution in [0.5, 0.6) is 0 Å². The van der Waals surface area contributed by atoms with Crippen molar-refractivity contribution in [3.05, 3.63) is 155 Å². The fraction of sp³-hybridized carbons (Fsp3) is 0. The van der Waals surface area contributed by atoms with E-state index in [0.717, 1.165) is 22.0 Å². The summed E-state index contributed by atoms with van der Waals surface area (Å²) in [4.78, 5) is 14.4. The largest absolute Gasteiger partial charge is 0.289 e. The molecule has 0 saturated heterocycles. The molecule has 3 heteroatoms. The summed E-state index contributed by atoms with van der Waals surface area (Å²) in [6.45, 7) is -2.46. The Kier molecular flexibility index (Phi) is 5.70. The van der Waals surface area contributed by atoms with E-state index in [1.54, 1.807) is 11.3 Å². The van der Waals surface area contributed by atoms with Gasteiger partial charge >= 0.3 is 0 Å². The molecule has 0 atom stereocenters. The number of benzene rings is 4. The first-order chi connectivity index (χ1) is 17.3. The zero-order chi connectivity index (χ0) is 23.7. The van der Waals surface area contributed by atoms with Gasteiger partial charge in [0.05, 0.1) is 0 Å². The maximum Gasteiger partial charge on any atom is 0.194 e. The Morgan fingerprint density at radius 3 is 1.80 bits per heavy atom. The number of carbonyl (C=O) groups is 1. The highest BCUT2D eigenvalue weighted by Gasteiger charge is 2.37. The fourth-order valence-electron chi connectivity index (χ4n) is 5.06. The van der Waals surface area contributed by atoms with Gasteiger partial charge in [0.25, 0.3) is 0 Å². The summed E-state index contributed by atoms with van der Waals surface area (Å²) < 4.78 is 0. The molecule has 0 aliphatic carbocycles. The summed E-state index contributed by atoms with van der Waals surface area (Å²) >= 11 is 1.68. The van der Waals surface area contributed by atoms with Crippen molar-refractivity contribution in [2.45, 2.75) is 0 Å². The van der Waals surface area contributed by atoms with Crippen molar-refractivity contribution in [2.75, 3.05) is 0 Å². The van der Waals surface area contributed by atoms with Gasteiger partial charge in [-0.05, 0) is 62.4 Å². The number of rotatable bonds is 5. The van der Waals surface area contributed by atoms with E-state index >= 15 is 0 Å². The molecular weight excluding hydrogens is 463 g/mol. The van der Waals surface area contributed by atoms with E-state index < -0.39 is 6.89 Å². The van der Waals surface area contributed by atoms with Gasteiger partial charge in [-0.3, -0.25) is 4.79 Å². The number of fused-ring (bicyclic) bond motifs is 1. The normalized spacial score (nSPS) is 14.2. The van der Waals surface area contributed by atoms with Crippen LogP contribution in [-0.2, 0) is 0 Å². The molecule has 0 unspecified atom stereocenters. The molecule has 1 aliphatic heterocycles. The Labute approximate surface area is 210 Å². The zero-order valence-electron chi connectivity index (χ0n) is 19.0. The van der Waals surface area contributed by atoms with Gasteiger partial charge in [-0.1, -0.05) is 115 Å². The topological polar surface area (TPSA) is 17.1 Å². The van der Waals surface area contributed by atoms with Gasteiger partial charge in [0.15, 0.2) is 5.78 Å². The molecule has 5 aromatic rings. The van der Waals surface area contributed by atoms with Crippen LogP contribution >= 0.6 is 18.2 Å². The molecule has 1 nitrogen and oxygen atoms in total. The molecule has 0 spiro atoms. The predicted octanol–water partition coefficient (Wildman–Crippen LogP) is 6.54. The van der Waals surface area contributed by atoms with Crippen molar-refractivity contribution >= 4 is 50.8 Å². The molecule has 1 aliphatic rings. The summed E-state index contributed by atoms with van der Waals surface area (Å²) in [6, 6.07) is 41.7. The lowest BCUT2D eigenvalue weighted by molar-refractivity contribution is 0.106. The van der Waals surface area contributed by atoms with Crippen molar-refractivity contribution in [2.24, 2.45) is 0 Å². The molecule has 0 radical (unpaired) electrons. The third kappa shape index (κ3) is 3.58. The van der Waals surface area contributed by atoms with E-state index in [4.69, 9.17) is 0 Å². The number of hydrogen-bond acceptors (Lipinski definition) is 2. The van der Waals surface area contributed by atoms with Gasteiger partial charge in [-0.15, -0.1) is 0 Å². The molecule has 2 heterocycles. The van der Waals surface area contributed by atoms with Crippen LogP contribution in [0.3, 0.4) is 0 Å². The van der Waals surface area contributed by atoms with Crippen molar-refractivity contribution < 1.29 is 4.79 Å². The van der Waals surface area contributed by atoms with Gasteiger partial charge in [0.2, 0.25) is 0 Å². The highest BCUT2D eigenvalue weighted by Crippen LogP contribution is 2.52. The number of allylic oxidation sites excluding steroid dienone is 1. The predicted molar refractivity (Wildman–Crippen MR) is 152 cm³/mol. The van der Waals surface area contributed by atoms with Crippen LogP contribution in [0, 0.1) is 0 Å². The summed E-state index contributed by atoms with van der Waals surface area (Å²) in [7, 11) is 0. The smallest absolute Gasteiger partial charge is 0.194 e. The lowest BCUT2D eigenvalue weighted by atomic mass is 9.97. The third-order valence-corrected chi connectivity index (χ3v) is 11.6. The lowest BCUT2D eigenvalue weighted by Gasteiger charge is -2.36. The quantitative estimate of drug-likeness (QED) is 0.204. The van der Waals surface area contributed by atoms with Crippen LogP contribution in [0.4, 0.5) is 0 Å². The Morgan fingerprint density at radius 2 is 1.20 bits per heavy atom. The van der Waals surface area contributed by atoms with Crippen LogP contribution in [0.25, 0.3) is 5.57 Å². The minimum absolute atomic E-state index is 0.0915. The molecule has 0 amide bonds. The standard InChI is InChI=1S/C32H23OPS/c33-32(24-12-4-1-5-13-24)31-22-29(25-20-21-35-23-25)28-18-10-11-19-30(28)34(31,26-14-6-2-7-15-26)27-16-8-3-9-17-27/h1-23H. The molecule has 0 fully saturated rings. The maximum atomic E-state index is 14.4. The van der Waals surface area contributed by atoms with Crippen molar-refractivity contribution in [3.63, 3.8) is 0 Å². The van der Waals surface area contributed by atoms with Crippen molar-refractivity contribution in [1.82, 2.24) is 0 Å². The minimum atomic E-state index is -2.46. The second-order valence-corrected chi connectivity index (χ2v) is 12.6. The Balaban J connectivity index is 1.84. The first kappa shape index (κ1) is 21.8. The molecule has 35 heavy (non-hydrogen) atoms. The second-order valence-electron chi connectivity index (χ2n) is 8.51. The Morgan fingerprint density at radius 1 is 0.629 bits per heavy atom. The van der Waals surface area contributed by atoms with Crippen LogP contribution < -0.4 is 15.9 Å². The van der Waals surface area contributed by atoms with E-state index in [1.165, 1.54) is 21.5 Å². The van der Waals surface area contributed by atoms with Crippen LogP contribution in [0.15, 0.2) is 138 Å². The van der Waals surface area contributed by atoms with E-state index in [0.29, 0.717) is 0 Å². The molecule has 168 valence electrons. The summed E-state index contributed by atoms with van der Waals surface area (Å²) in [6.07, 6.45) is 2.19. The average Bonchev–Trinajstić information content (AvgIpc) is 3.48. The maximum absolute atomic E-state index is 14.4. The lowest BCUT2D eigenvalue weighted by Crippen LogP contribution is -2.36. The highest BCUT2D eigenvalue weighted by atomic mass is 32.1. The number of carbonyl (C=O) groups excluding carboxylic acids is 1. The molecule has 0 bridgehead atoms. The van der Waals surface area contributed by atoms with E-state index in [-0.39, 0.29) is 5.78 Å². The molecular formula is C32H23OPS. The minimum Gasteiger partial charge on any atom is -0.289 e. The summed E-state index contributed by atoms with van der Waals surface area (Å²) in [5.41, 5.74) is 4.19. The molecule has 1 aromatic heterocycles. The number of thiophene rings is 1. The molecule has 0 saturated carbocycles. The van der Waals surface area contributed by atoms with Crippen molar-refractivity contribution in [3.8, 4) is 0 Å². The summed E-state index contributed by atoms with van der Waals surface area (Å²) in [5, 5.41) is 8.77. The average molecular weight is 487 g/mol. The van der Waals surface area contributed by atoms with E-state index in [9.17, 15) is 4.79 Å². The van der Waals surface area contributed by atoms with Gasteiger partial charge in [-0.2, -0.15) is 11.3 Å². The number of hydrogen-bond donors (Lipinski definition) is 0. The SMILES string of the molecule is O=C(C1=P(c2ccccc2)(c2ccccc2)c2ccccc2C(c2ccsc2)=C1)c1ccccc1. The highest BCUT2D eigenvalue weighted by molar-refractivity contribution is 7.97. The van der Waals surface area contributed by atoms with Crippen molar-refractivity contribution in [1.29, 1.82) is 0 Å². The van der Waals surface area contributed by atoms with Gasteiger partial charge < -0.3 is 0 Å². The van der Waals surface area contributed by atoms with Gasteiger partial charge in [-0.25, -0.2) is 0 Å². The van der Waals surface area contributed by atoms with Crippen LogP contribution in [-0.4, -0.2) is 11.1 Å². The monoisotopic (exact) mass is 486 g/mol. The Bertz CT molecular complexity index is 1540. The van der Waals surface area contributed by atoms with Gasteiger partial charge in [0.1, 0.15) is 0 Å². The second kappa shape index (κ2) is 9.15. The Hall–Kier alpha value is -3.71. The first-order valence-corrected chi connectivity index (χ1v) is 14.3. The number of Topliss-reactive ketones (excluding diaryl/α,β-unsaturated/α-hetero) is 1. The van der Waals surface area contributed by atoms with E-state index in [2.05, 4.69) is 95.7 Å².